The molecule has 0 unspecified atom stereocenters. The van der Waals surface area contributed by atoms with E-state index in [4.69, 9.17) is 4.74 Å². The topological polar surface area (TPSA) is 109 Å². The van der Waals surface area contributed by atoms with Crippen LogP contribution in [0.5, 0.6) is 0 Å². The van der Waals surface area contributed by atoms with Gasteiger partial charge in [-0.3, -0.25) is 24.1 Å². The maximum atomic E-state index is 12.3. The average molecular weight is 387 g/mol. The molecular formula is C18H17N3O5S. The maximum Gasteiger partial charge on any atom is 0.308 e. The van der Waals surface area contributed by atoms with Gasteiger partial charge in [0.1, 0.15) is 17.1 Å². The number of nitrogens with zero attached hydrogens (tertiary/aromatic N) is 2. The number of fused-ring (bicyclic) bond motifs is 2. The molecule has 1 aliphatic heterocycles. The third kappa shape index (κ3) is 3.30. The van der Waals surface area contributed by atoms with Crippen molar-refractivity contribution in [1.29, 1.82) is 0 Å². The molecule has 0 bridgehead atoms. The number of nitrogens with one attached hydrogen (secondary N) is 1. The Hall–Kier alpha value is -2.81. The normalized spacial score (nSPS) is 21.7. The van der Waals surface area contributed by atoms with Gasteiger partial charge >= 0.3 is 5.97 Å². The van der Waals surface area contributed by atoms with Crippen LogP contribution in [0.25, 0.3) is 10.2 Å². The number of imide groups is 1. The minimum Gasteiger partial charge on any atom is -0.457 e. The van der Waals surface area contributed by atoms with Crippen molar-refractivity contribution in [3.05, 3.63) is 39.8 Å². The number of likely N-dealkylation sites (tertiary alicyclic amines) is 1. The van der Waals surface area contributed by atoms with Gasteiger partial charge in [0.15, 0.2) is 0 Å². The second-order valence-electron chi connectivity index (χ2n) is 6.54. The molecule has 2 atom stereocenters. The molecule has 0 aromatic carbocycles. The molecule has 1 fully saturated rings. The lowest BCUT2D eigenvalue weighted by Gasteiger charge is -2.14. The smallest absolute Gasteiger partial charge is 0.308 e. The van der Waals surface area contributed by atoms with Crippen molar-refractivity contribution in [2.75, 3.05) is 6.54 Å². The number of hydrogen-bond acceptors (Lipinski definition) is 7. The first-order valence-corrected chi connectivity index (χ1v) is 9.55. The van der Waals surface area contributed by atoms with Gasteiger partial charge in [-0.2, -0.15) is 0 Å². The Balaban J connectivity index is 1.32. The Kier molecular flexibility index (Phi) is 4.61. The lowest BCUT2D eigenvalue weighted by Crippen LogP contribution is -2.33. The number of amides is 2. The SMILES string of the molecule is O=C(CCN1C(=O)[C@@H]2CC=CC[C@H]2C1=O)OCc1nc2ccsc2c(=O)[nH]1. The van der Waals surface area contributed by atoms with Crippen LogP contribution in [0.15, 0.2) is 28.4 Å². The number of thiophene rings is 1. The minimum absolute atomic E-state index is 0.0109. The van der Waals surface area contributed by atoms with Gasteiger partial charge in [0.2, 0.25) is 11.8 Å². The lowest BCUT2D eigenvalue weighted by molar-refractivity contribution is -0.147. The van der Waals surface area contributed by atoms with Crippen molar-refractivity contribution in [3.8, 4) is 0 Å². The van der Waals surface area contributed by atoms with E-state index in [1.807, 2.05) is 12.2 Å². The van der Waals surface area contributed by atoms with E-state index in [1.54, 1.807) is 11.4 Å². The number of H-pyrrole nitrogens is 1. The Labute approximate surface area is 157 Å². The molecule has 1 aliphatic carbocycles. The third-order valence-electron chi connectivity index (χ3n) is 4.87. The van der Waals surface area contributed by atoms with Crippen molar-refractivity contribution in [1.82, 2.24) is 14.9 Å². The highest BCUT2D eigenvalue weighted by molar-refractivity contribution is 7.17. The number of carbonyl (C=O) groups is 3. The molecule has 0 spiro atoms. The number of allylic oxidation sites excluding steroid dienone is 2. The molecule has 1 saturated heterocycles. The molecule has 2 aromatic heterocycles. The summed E-state index contributed by atoms with van der Waals surface area (Å²) in [5, 5.41) is 1.76. The van der Waals surface area contributed by atoms with Crippen LogP contribution in [-0.2, 0) is 25.7 Å². The molecule has 1 N–H and O–H groups in total. The first-order valence-electron chi connectivity index (χ1n) is 8.67. The predicted molar refractivity (Wildman–Crippen MR) is 96.7 cm³/mol. The minimum atomic E-state index is -0.559. The summed E-state index contributed by atoms with van der Waals surface area (Å²) in [5.41, 5.74) is 0.282. The summed E-state index contributed by atoms with van der Waals surface area (Å²) >= 11 is 1.29. The summed E-state index contributed by atoms with van der Waals surface area (Å²) in [5.74, 6) is -1.33. The Morgan fingerprint density at radius 2 is 1.93 bits per heavy atom. The predicted octanol–water partition coefficient (Wildman–Crippen LogP) is 1.37. The van der Waals surface area contributed by atoms with E-state index < -0.39 is 5.97 Å². The number of aromatic amines is 1. The number of ether oxygens (including phenoxy) is 1. The van der Waals surface area contributed by atoms with Gasteiger partial charge in [0.25, 0.3) is 5.56 Å². The molecule has 0 saturated carbocycles. The molecule has 140 valence electrons. The van der Waals surface area contributed by atoms with Crippen LogP contribution in [-0.4, -0.2) is 39.2 Å². The van der Waals surface area contributed by atoms with Crippen molar-refractivity contribution < 1.29 is 19.1 Å². The van der Waals surface area contributed by atoms with Crippen LogP contribution in [0.1, 0.15) is 25.1 Å². The molecular weight excluding hydrogens is 370 g/mol. The molecule has 2 amide bonds. The van der Waals surface area contributed by atoms with Crippen molar-refractivity contribution in [2.24, 2.45) is 11.8 Å². The van der Waals surface area contributed by atoms with Gasteiger partial charge < -0.3 is 9.72 Å². The molecule has 2 aliphatic rings. The third-order valence-corrected chi connectivity index (χ3v) is 5.77. The van der Waals surface area contributed by atoms with Crippen molar-refractivity contribution in [2.45, 2.75) is 25.9 Å². The second-order valence-corrected chi connectivity index (χ2v) is 7.46. The largest absolute Gasteiger partial charge is 0.457 e. The van der Waals surface area contributed by atoms with Crippen LogP contribution < -0.4 is 5.56 Å². The van der Waals surface area contributed by atoms with Gasteiger partial charge in [0.05, 0.1) is 23.8 Å². The van der Waals surface area contributed by atoms with Crippen LogP contribution in [0, 0.1) is 11.8 Å². The number of esters is 1. The van der Waals surface area contributed by atoms with Gasteiger partial charge in [-0.15, -0.1) is 11.3 Å². The van der Waals surface area contributed by atoms with Crippen LogP contribution in [0.2, 0.25) is 0 Å². The molecule has 3 heterocycles. The van der Waals surface area contributed by atoms with Crippen LogP contribution in [0.4, 0.5) is 0 Å². The molecule has 4 rings (SSSR count). The van der Waals surface area contributed by atoms with Gasteiger partial charge in [-0.1, -0.05) is 12.2 Å². The van der Waals surface area contributed by atoms with E-state index in [0.717, 1.165) is 0 Å². The van der Waals surface area contributed by atoms with E-state index in [2.05, 4.69) is 9.97 Å². The molecule has 27 heavy (non-hydrogen) atoms. The number of hydrogen-bond donors (Lipinski definition) is 1. The molecule has 8 nitrogen and oxygen atoms in total. The van der Waals surface area contributed by atoms with Crippen LogP contribution >= 0.6 is 11.3 Å². The summed E-state index contributed by atoms with van der Waals surface area (Å²) in [6.07, 6.45) is 4.89. The zero-order valence-electron chi connectivity index (χ0n) is 14.3. The highest BCUT2D eigenvalue weighted by atomic mass is 32.1. The van der Waals surface area contributed by atoms with E-state index in [-0.39, 0.29) is 54.6 Å². The lowest BCUT2D eigenvalue weighted by atomic mass is 9.85. The molecule has 2 aromatic rings. The Morgan fingerprint density at radius 1 is 1.22 bits per heavy atom. The van der Waals surface area contributed by atoms with Gasteiger partial charge in [-0.25, -0.2) is 4.98 Å². The average Bonchev–Trinajstić information content (AvgIpc) is 3.23. The Bertz CT molecular complexity index is 982. The summed E-state index contributed by atoms with van der Waals surface area (Å²) in [6.45, 7) is -0.159. The Morgan fingerprint density at radius 3 is 2.63 bits per heavy atom. The van der Waals surface area contributed by atoms with E-state index in [1.165, 1.54) is 16.2 Å². The van der Waals surface area contributed by atoms with Crippen LogP contribution in [0.3, 0.4) is 0 Å². The maximum absolute atomic E-state index is 12.3. The second kappa shape index (κ2) is 7.07. The fourth-order valence-corrected chi connectivity index (χ4v) is 4.23. The summed E-state index contributed by atoms with van der Waals surface area (Å²) < 4.78 is 5.65. The first kappa shape index (κ1) is 17.6. The van der Waals surface area contributed by atoms with E-state index in [9.17, 15) is 19.2 Å². The fraction of sp³-hybridized carbons (Fsp3) is 0.389. The van der Waals surface area contributed by atoms with Crippen molar-refractivity contribution in [3.63, 3.8) is 0 Å². The summed E-state index contributed by atoms with van der Waals surface area (Å²) in [4.78, 5) is 56.6. The first-order chi connectivity index (χ1) is 13.0. The quantitative estimate of drug-likeness (QED) is 0.471. The number of aromatic nitrogens is 2. The van der Waals surface area contributed by atoms with E-state index in [0.29, 0.717) is 23.1 Å². The monoisotopic (exact) mass is 387 g/mol. The van der Waals surface area contributed by atoms with Gasteiger partial charge in [0, 0.05) is 6.54 Å². The highest BCUT2D eigenvalue weighted by Gasteiger charge is 2.46. The van der Waals surface area contributed by atoms with Gasteiger partial charge in [-0.05, 0) is 24.3 Å². The number of rotatable bonds is 5. The highest BCUT2D eigenvalue weighted by Crippen LogP contribution is 2.35. The van der Waals surface area contributed by atoms with Crippen molar-refractivity contribution >= 4 is 39.3 Å². The summed E-state index contributed by atoms with van der Waals surface area (Å²) in [6, 6.07) is 1.72. The number of carbonyl (C=O) groups excluding carboxylic acids is 3. The fourth-order valence-electron chi connectivity index (χ4n) is 3.50. The van der Waals surface area contributed by atoms with E-state index >= 15 is 0 Å². The zero-order valence-corrected chi connectivity index (χ0v) is 15.2. The zero-order chi connectivity index (χ0) is 19.0. The molecule has 9 heteroatoms. The molecule has 0 radical (unpaired) electrons. The standard InChI is InChI=1S/C18H17N3O5S/c22-14(26-9-13-19-12-6-8-27-15(12)16(23)20-13)5-7-21-17(24)10-3-1-2-4-11(10)18(21)25/h1-2,6,8,10-11H,3-5,7,9H2,(H,19,20,23)/t10-,11-/m1/s1. The summed E-state index contributed by atoms with van der Waals surface area (Å²) in [7, 11) is 0.